The maximum atomic E-state index is 12.7. The monoisotopic (exact) mass is 311 g/mol. The van der Waals surface area contributed by atoms with Gasteiger partial charge in [0, 0.05) is 25.0 Å². The van der Waals surface area contributed by atoms with Gasteiger partial charge in [0.1, 0.15) is 6.61 Å². The molecule has 1 N–H and O–H groups in total. The van der Waals surface area contributed by atoms with Gasteiger partial charge in [-0.2, -0.15) is 13.9 Å². The molecule has 0 aliphatic carbocycles. The van der Waals surface area contributed by atoms with Crippen molar-refractivity contribution in [2.45, 2.75) is 38.2 Å². The second kappa shape index (κ2) is 8.33. The molecule has 0 spiro atoms. The van der Waals surface area contributed by atoms with Crippen LogP contribution in [-0.4, -0.2) is 47.9 Å². The molecule has 1 unspecified atom stereocenters. The van der Waals surface area contributed by atoms with Gasteiger partial charge in [-0.1, -0.05) is 6.92 Å². The van der Waals surface area contributed by atoms with Gasteiger partial charge in [0.2, 0.25) is 0 Å². The average Bonchev–Trinajstić information content (AvgIpc) is 2.81. The zero-order valence-electron chi connectivity index (χ0n) is 12.2. The fourth-order valence-corrected chi connectivity index (χ4v) is 1.90. The predicted molar refractivity (Wildman–Crippen MR) is 70.8 cm³/mol. The predicted octanol–water partition coefficient (Wildman–Crippen LogP) is 2.25. The molecule has 21 heavy (non-hydrogen) atoms. The third kappa shape index (κ3) is 6.01. The lowest BCUT2D eigenvalue weighted by Gasteiger charge is -2.20. The molecule has 1 rings (SSSR count). The molecule has 1 aromatic heterocycles. The smallest absolute Gasteiger partial charge is 0.330 e. The van der Waals surface area contributed by atoms with Gasteiger partial charge in [0.15, 0.2) is 0 Å². The summed E-state index contributed by atoms with van der Waals surface area (Å²) < 4.78 is 56.0. The summed E-state index contributed by atoms with van der Waals surface area (Å²) in [6, 6.07) is 1.70. The maximum Gasteiger partial charge on any atom is 0.330 e. The first-order valence-electron chi connectivity index (χ1n) is 6.80. The highest BCUT2D eigenvalue weighted by Gasteiger charge is 2.41. The Morgan fingerprint density at radius 3 is 2.67 bits per heavy atom. The minimum absolute atomic E-state index is 0.0337. The summed E-state index contributed by atoms with van der Waals surface area (Å²) in [6.45, 7) is 1.22. The van der Waals surface area contributed by atoms with Crippen LogP contribution in [0.4, 0.5) is 17.6 Å². The molecule has 122 valence electrons. The summed E-state index contributed by atoms with van der Waals surface area (Å²) in [5.74, 6) is -4.10. The molecule has 0 bridgehead atoms. The Morgan fingerprint density at radius 1 is 1.43 bits per heavy atom. The maximum absolute atomic E-state index is 12.7. The number of halogens is 4. The van der Waals surface area contributed by atoms with Gasteiger partial charge in [-0.3, -0.25) is 4.68 Å². The van der Waals surface area contributed by atoms with Crippen molar-refractivity contribution in [1.29, 1.82) is 0 Å². The van der Waals surface area contributed by atoms with E-state index >= 15 is 0 Å². The lowest BCUT2D eigenvalue weighted by molar-refractivity contribution is -0.167. The lowest BCUT2D eigenvalue weighted by Crippen LogP contribution is -2.38. The van der Waals surface area contributed by atoms with E-state index in [1.54, 1.807) is 10.9 Å². The van der Waals surface area contributed by atoms with Crippen LogP contribution in [0.2, 0.25) is 0 Å². The zero-order valence-corrected chi connectivity index (χ0v) is 12.2. The highest BCUT2D eigenvalue weighted by atomic mass is 19.3. The number of alkyl halides is 4. The number of ether oxygens (including phenoxy) is 1. The molecule has 0 fully saturated rings. The molecule has 0 aliphatic heterocycles. The summed E-state index contributed by atoms with van der Waals surface area (Å²) in [6.07, 6.45) is -0.683. The minimum Gasteiger partial charge on any atom is -0.373 e. The molecular formula is C13H21F4N3O. The van der Waals surface area contributed by atoms with Crippen LogP contribution in [0, 0.1) is 0 Å². The standard InChI is InChI=1S/C13H21F4N3O/c1-3-18-10(4-5-11-6-7-19-20(11)2)8-21-9-13(16,17)12(14)15/h6-7,10,12,18H,3-5,8-9H2,1-2H3. The zero-order chi connectivity index (χ0) is 15.9. The third-order valence-corrected chi connectivity index (χ3v) is 3.10. The van der Waals surface area contributed by atoms with Crippen LogP contribution in [0.3, 0.4) is 0 Å². The van der Waals surface area contributed by atoms with E-state index in [-0.39, 0.29) is 12.6 Å². The number of aromatic nitrogens is 2. The van der Waals surface area contributed by atoms with Gasteiger partial charge in [0.25, 0.3) is 0 Å². The van der Waals surface area contributed by atoms with Crippen LogP contribution in [0.25, 0.3) is 0 Å². The van der Waals surface area contributed by atoms with Crippen LogP contribution in [0.5, 0.6) is 0 Å². The van der Waals surface area contributed by atoms with Crippen molar-refractivity contribution in [3.8, 4) is 0 Å². The van der Waals surface area contributed by atoms with Crippen LogP contribution in [-0.2, 0) is 18.2 Å². The van der Waals surface area contributed by atoms with Crippen LogP contribution < -0.4 is 5.32 Å². The first-order chi connectivity index (χ1) is 9.86. The highest BCUT2D eigenvalue weighted by molar-refractivity contribution is 5.00. The van der Waals surface area contributed by atoms with Gasteiger partial charge < -0.3 is 10.1 Å². The molecule has 0 saturated heterocycles. The first kappa shape index (κ1) is 17.9. The minimum atomic E-state index is -4.10. The van der Waals surface area contributed by atoms with Crippen molar-refractivity contribution in [3.05, 3.63) is 18.0 Å². The molecule has 8 heteroatoms. The lowest BCUT2D eigenvalue weighted by atomic mass is 10.1. The average molecular weight is 311 g/mol. The van der Waals surface area contributed by atoms with E-state index < -0.39 is 19.0 Å². The summed E-state index contributed by atoms with van der Waals surface area (Å²) in [4.78, 5) is 0. The molecule has 0 amide bonds. The van der Waals surface area contributed by atoms with E-state index in [9.17, 15) is 17.6 Å². The van der Waals surface area contributed by atoms with Crippen molar-refractivity contribution in [3.63, 3.8) is 0 Å². The fraction of sp³-hybridized carbons (Fsp3) is 0.769. The van der Waals surface area contributed by atoms with Crippen molar-refractivity contribution >= 4 is 0 Å². The largest absolute Gasteiger partial charge is 0.373 e. The number of nitrogens with zero attached hydrogens (tertiary/aromatic N) is 2. The summed E-state index contributed by atoms with van der Waals surface area (Å²) >= 11 is 0. The van der Waals surface area contributed by atoms with Crippen molar-refractivity contribution in [2.24, 2.45) is 7.05 Å². The molecule has 0 saturated carbocycles. The molecule has 0 aromatic carbocycles. The quantitative estimate of drug-likeness (QED) is 0.674. The number of likely N-dealkylation sites (N-methyl/N-ethyl adjacent to an activating group) is 1. The summed E-state index contributed by atoms with van der Waals surface area (Å²) in [5.41, 5.74) is 1.01. The van der Waals surface area contributed by atoms with Crippen molar-refractivity contribution in [2.75, 3.05) is 19.8 Å². The van der Waals surface area contributed by atoms with E-state index in [0.717, 1.165) is 5.69 Å². The topological polar surface area (TPSA) is 39.1 Å². The number of aryl methyl sites for hydroxylation is 2. The number of rotatable bonds is 10. The molecule has 1 atom stereocenters. The van der Waals surface area contributed by atoms with Crippen LogP contribution in [0.1, 0.15) is 19.0 Å². The van der Waals surface area contributed by atoms with Crippen LogP contribution in [0.15, 0.2) is 12.3 Å². The van der Waals surface area contributed by atoms with Gasteiger partial charge in [-0.05, 0) is 25.5 Å². The van der Waals surface area contributed by atoms with Gasteiger partial charge in [0.05, 0.1) is 6.61 Å². The van der Waals surface area contributed by atoms with E-state index in [2.05, 4.69) is 10.4 Å². The van der Waals surface area contributed by atoms with Crippen molar-refractivity contribution < 1.29 is 22.3 Å². The summed E-state index contributed by atoms with van der Waals surface area (Å²) in [7, 11) is 1.82. The van der Waals surface area contributed by atoms with Gasteiger partial charge in [-0.25, -0.2) is 8.78 Å². The Bertz CT molecular complexity index is 412. The second-order valence-corrected chi connectivity index (χ2v) is 4.82. The molecule has 4 nitrogen and oxygen atoms in total. The third-order valence-electron chi connectivity index (χ3n) is 3.10. The Kier molecular flexibility index (Phi) is 7.10. The fourth-order valence-electron chi connectivity index (χ4n) is 1.90. The van der Waals surface area contributed by atoms with E-state index in [0.29, 0.717) is 19.4 Å². The Morgan fingerprint density at radius 2 is 2.14 bits per heavy atom. The number of hydrogen-bond donors (Lipinski definition) is 1. The Labute approximate surface area is 121 Å². The van der Waals surface area contributed by atoms with E-state index in [1.807, 2.05) is 20.0 Å². The number of hydrogen-bond acceptors (Lipinski definition) is 3. The SMILES string of the molecule is CCNC(CCc1ccnn1C)COCC(F)(F)C(F)F. The Hall–Kier alpha value is -1.15. The molecule has 1 heterocycles. The second-order valence-electron chi connectivity index (χ2n) is 4.82. The molecule has 0 radical (unpaired) electrons. The van der Waals surface area contributed by atoms with E-state index in [1.165, 1.54) is 0 Å². The van der Waals surface area contributed by atoms with Crippen LogP contribution >= 0.6 is 0 Å². The highest BCUT2D eigenvalue weighted by Crippen LogP contribution is 2.22. The van der Waals surface area contributed by atoms with Gasteiger partial charge in [-0.15, -0.1) is 0 Å². The first-order valence-corrected chi connectivity index (χ1v) is 6.80. The Balaban J connectivity index is 2.38. The molecular weight excluding hydrogens is 290 g/mol. The molecule has 0 aliphatic rings. The van der Waals surface area contributed by atoms with E-state index in [4.69, 9.17) is 4.74 Å². The number of nitrogens with one attached hydrogen (secondary N) is 1. The normalized spacial score (nSPS) is 13.9. The van der Waals surface area contributed by atoms with Gasteiger partial charge >= 0.3 is 12.3 Å². The summed E-state index contributed by atoms with van der Waals surface area (Å²) in [5, 5.41) is 7.13. The van der Waals surface area contributed by atoms with Crippen molar-refractivity contribution in [1.82, 2.24) is 15.1 Å². The molecule has 1 aromatic rings.